The zero-order chi connectivity index (χ0) is 19.1. The first-order valence-electron chi connectivity index (χ1n) is 8.57. The Labute approximate surface area is 166 Å². The van der Waals surface area contributed by atoms with Gasteiger partial charge in [-0.2, -0.15) is 0 Å². The second-order valence-electron chi connectivity index (χ2n) is 5.91. The minimum Gasteiger partial charge on any atom is -0.455 e. The summed E-state index contributed by atoms with van der Waals surface area (Å²) in [7, 11) is 0. The number of piperazine rings is 1. The second-order valence-corrected chi connectivity index (χ2v) is 7.91. The zero-order valence-corrected chi connectivity index (χ0v) is 16.3. The molecule has 2 heterocycles. The molecule has 142 valence electrons. The lowest BCUT2D eigenvalue weighted by Crippen LogP contribution is -2.51. The van der Waals surface area contributed by atoms with Gasteiger partial charge in [-0.05, 0) is 23.6 Å². The minimum absolute atomic E-state index is 0.00136. The Morgan fingerprint density at radius 1 is 0.963 bits per heavy atom. The van der Waals surface area contributed by atoms with Crippen molar-refractivity contribution >= 4 is 40.9 Å². The molecule has 0 N–H and O–H groups in total. The first-order chi connectivity index (χ1) is 13.1. The molecule has 1 aliphatic rings. The maximum Gasteiger partial charge on any atom is 0.316 e. The monoisotopic (exact) mass is 404 g/mol. The summed E-state index contributed by atoms with van der Waals surface area (Å²) in [5.41, 5.74) is 0. The molecule has 0 unspecified atom stereocenters. The van der Waals surface area contributed by atoms with E-state index < -0.39 is 5.97 Å². The summed E-state index contributed by atoms with van der Waals surface area (Å²) in [6.45, 7) is 1.62. The fraction of sp³-hybridized carbons (Fsp3) is 0.316. The summed E-state index contributed by atoms with van der Waals surface area (Å²) in [6, 6.07) is 13.2. The van der Waals surface area contributed by atoms with Crippen molar-refractivity contribution in [3.63, 3.8) is 0 Å². The van der Waals surface area contributed by atoms with Crippen LogP contribution in [0.25, 0.3) is 0 Å². The number of benzene rings is 1. The van der Waals surface area contributed by atoms with Gasteiger partial charge in [0.25, 0.3) is 11.8 Å². The first-order valence-corrected chi connectivity index (χ1v) is 10.4. The predicted octanol–water partition coefficient (Wildman–Crippen LogP) is 2.37. The van der Waals surface area contributed by atoms with E-state index in [9.17, 15) is 14.4 Å². The van der Waals surface area contributed by atoms with Crippen molar-refractivity contribution in [2.24, 2.45) is 0 Å². The molecule has 3 rings (SSSR count). The number of esters is 1. The van der Waals surface area contributed by atoms with Crippen LogP contribution >= 0.6 is 23.1 Å². The molecule has 1 aromatic carbocycles. The van der Waals surface area contributed by atoms with Crippen LogP contribution in [0.4, 0.5) is 0 Å². The molecule has 0 radical (unpaired) electrons. The van der Waals surface area contributed by atoms with Gasteiger partial charge in [-0.3, -0.25) is 14.4 Å². The summed E-state index contributed by atoms with van der Waals surface area (Å²) in [5, 5.41) is 1.87. The van der Waals surface area contributed by atoms with Gasteiger partial charge in [-0.25, -0.2) is 0 Å². The highest BCUT2D eigenvalue weighted by molar-refractivity contribution is 8.00. The summed E-state index contributed by atoms with van der Waals surface area (Å²) in [4.78, 5) is 41.4. The molecule has 1 aromatic heterocycles. The summed E-state index contributed by atoms with van der Waals surface area (Å²) < 4.78 is 5.08. The van der Waals surface area contributed by atoms with E-state index in [1.165, 1.54) is 23.1 Å². The Balaban J connectivity index is 1.37. The Kier molecular flexibility index (Phi) is 6.89. The van der Waals surface area contributed by atoms with Gasteiger partial charge in [-0.15, -0.1) is 23.1 Å². The van der Waals surface area contributed by atoms with Crippen LogP contribution in [0.15, 0.2) is 52.7 Å². The molecule has 1 aliphatic heterocycles. The number of carbonyl (C=O) groups is 3. The molecule has 8 heteroatoms. The van der Waals surface area contributed by atoms with Crippen LogP contribution in [0.3, 0.4) is 0 Å². The number of hydrogen-bond donors (Lipinski definition) is 0. The fourth-order valence-electron chi connectivity index (χ4n) is 2.65. The third kappa shape index (κ3) is 5.58. The molecular weight excluding hydrogens is 384 g/mol. The summed E-state index contributed by atoms with van der Waals surface area (Å²) in [5.74, 6) is -0.470. The van der Waals surface area contributed by atoms with Crippen LogP contribution in [0.5, 0.6) is 0 Å². The highest BCUT2D eigenvalue weighted by Gasteiger charge is 2.25. The number of carbonyl (C=O) groups excluding carboxylic acids is 3. The molecular formula is C19H20N2O4S2. The first kappa shape index (κ1) is 19.4. The molecule has 0 bridgehead atoms. The number of thioether (sulfide) groups is 1. The zero-order valence-electron chi connectivity index (χ0n) is 14.7. The van der Waals surface area contributed by atoms with Crippen LogP contribution in [-0.4, -0.2) is 66.1 Å². The fourth-order valence-corrected chi connectivity index (χ4v) is 4.06. The van der Waals surface area contributed by atoms with E-state index in [-0.39, 0.29) is 24.2 Å². The number of ether oxygens (including phenoxy) is 1. The molecule has 27 heavy (non-hydrogen) atoms. The Bertz CT molecular complexity index is 772. The van der Waals surface area contributed by atoms with Gasteiger partial charge in [0.1, 0.15) is 0 Å². The van der Waals surface area contributed by atoms with Crippen LogP contribution in [0, 0.1) is 0 Å². The predicted molar refractivity (Wildman–Crippen MR) is 105 cm³/mol. The van der Waals surface area contributed by atoms with Crippen molar-refractivity contribution < 1.29 is 19.1 Å². The van der Waals surface area contributed by atoms with E-state index in [1.54, 1.807) is 15.9 Å². The van der Waals surface area contributed by atoms with Crippen LogP contribution in [-0.2, 0) is 14.3 Å². The smallest absolute Gasteiger partial charge is 0.316 e. The quantitative estimate of drug-likeness (QED) is 0.546. The van der Waals surface area contributed by atoms with Crippen molar-refractivity contribution in [1.82, 2.24) is 9.80 Å². The Morgan fingerprint density at radius 3 is 2.33 bits per heavy atom. The minimum atomic E-state index is -0.413. The van der Waals surface area contributed by atoms with Crippen LogP contribution < -0.4 is 0 Å². The number of amides is 2. The van der Waals surface area contributed by atoms with Crippen molar-refractivity contribution in [3.05, 3.63) is 52.7 Å². The van der Waals surface area contributed by atoms with E-state index in [2.05, 4.69) is 0 Å². The van der Waals surface area contributed by atoms with E-state index in [0.717, 1.165) is 4.90 Å². The Morgan fingerprint density at radius 2 is 1.67 bits per heavy atom. The summed E-state index contributed by atoms with van der Waals surface area (Å²) >= 11 is 2.79. The van der Waals surface area contributed by atoms with Crippen molar-refractivity contribution in [3.8, 4) is 0 Å². The SMILES string of the molecule is O=C(CSc1ccccc1)OCC(=O)N1CCN(C(=O)c2cccs2)CC1. The molecule has 0 atom stereocenters. The normalized spacial score (nSPS) is 14.1. The molecule has 2 aromatic rings. The van der Waals surface area contributed by atoms with Gasteiger partial charge in [0.2, 0.25) is 0 Å². The number of rotatable bonds is 6. The molecule has 0 aliphatic carbocycles. The van der Waals surface area contributed by atoms with E-state index in [0.29, 0.717) is 31.1 Å². The third-order valence-corrected chi connectivity index (χ3v) is 5.95. The van der Waals surface area contributed by atoms with Gasteiger partial charge < -0.3 is 14.5 Å². The van der Waals surface area contributed by atoms with Gasteiger partial charge in [0.05, 0.1) is 10.6 Å². The maximum atomic E-state index is 12.3. The average molecular weight is 405 g/mol. The standard InChI is InChI=1S/C19H20N2O4S2/c22-17(13-25-18(23)14-27-15-5-2-1-3-6-15)20-8-10-21(11-9-20)19(24)16-7-4-12-26-16/h1-7,12H,8-11,13-14H2. The lowest BCUT2D eigenvalue weighted by Gasteiger charge is -2.34. The topological polar surface area (TPSA) is 66.9 Å². The lowest BCUT2D eigenvalue weighted by atomic mass is 10.3. The van der Waals surface area contributed by atoms with E-state index >= 15 is 0 Å². The van der Waals surface area contributed by atoms with Crippen molar-refractivity contribution in [2.45, 2.75) is 4.90 Å². The summed E-state index contributed by atoms with van der Waals surface area (Å²) in [6.07, 6.45) is 0. The van der Waals surface area contributed by atoms with Gasteiger partial charge >= 0.3 is 5.97 Å². The Hall–Kier alpha value is -2.32. The van der Waals surface area contributed by atoms with Crippen LogP contribution in [0.2, 0.25) is 0 Å². The third-order valence-electron chi connectivity index (χ3n) is 4.11. The molecule has 1 fully saturated rings. The lowest BCUT2D eigenvalue weighted by molar-refractivity contribution is -0.150. The highest BCUT2D eigenvalue weighted by Crippen LogP contribution is 2.17. The maximum absolute atomic E-state index is 12.3. The highest BCUT2D eigenvalue weighted by atomic mass is 32.2. The number of nitrogens with zero attached hydrogens (tertiary/aromatic N) is 2. The number of hydrogen-bond acceptors (Lipinski definition) is 6. The van der Waals surface area contributed by atoms with Crippen molar-refractivity contribution in [2.75, 3.05) is 38.5 Å². The molecule has 0 spiro atoms. The molecule has 1 saturated heterocycles. The van der Waals surface area contributed by atoms with Gasteiger partial charge in [0, 0.05) is 31.1 Å². The average Bonchev–Trinajstić information content (AvgIpc) is 3.25. The molecule has 2 amide bonds. The molecule has 0 saturated carbocycles. The van der Waals surface area contributed by atoms with E-state index in [4.69, 9.17) is 4.74 Å². The largest absolute Gasteiger partial charge is 0.455 e. The number of thiophene rings is 1. The van der Waals surface area contributed by atoms with Gasteiger partial charge in [0.15, 0.2) is 6.61 Å². The second kappa shape index (κ2) is 9.57. The molecule has 6 nitrogen and oxygen atoms in total. The van der Waals surface area contributed by atoms with Crippen LogP contribution in [0.1, 0.15) is 9.67 Å². The van der Waals surface area contributed by atoms with Crippen molar-refractivity contribution in [1.29, 1.82) is 0 Å². The van der Waals surface area contributed by atoms with Gasteiger partial charge in [-0.1, -0.05) is 24.3 Å². The van der Waals surface area contributed by atoms with E-state index in [1.807, 2.05) is 41.8 Å².